The number of aromatic nitrogens is 1. The van der Waals surface area contributed by atoms with Gasteiger partial charge in [-0.25, -0.2) is 4.98 Å². The first-order valence-electron chi connectivity index (χ1n) is 10.6. The van der Waals surface area contributed by atoms with Crippen molar-refractivity contribution in [1.82, 2.24) is 20.5 Å². The summed E-state index contributed by atoms with van der Waals surface area (Å²) < 4.78 is 0. The van der Waals surface area contributed by atoms with E-state index >= 15 is 0 Å². The second kappa shape index (κ2) is 14.0. The Bertz CT molecular complexity index is 559. The van der Waals surface area contributed by atoms with Crippen molar-refractivity contribution in [3.63, 3.8) is 0 Å². The van der Waals surface area contributed by atoms with Crippen LogP contribution in [0.3, 0.4) is 0 Å². The molecule has 1 unspecified atom stereocenters. The van der Waals surface area contributed by atoms with Crippen LogP contribution in [0.15, 0.2) is 23.3 Å². The first-order valence-corrected chi connectivity index (χ1v) is 10.6. The summed E-state index contributed by atoms with van der Waals surface area (Å²) in [5, 5.41) is 6.81. The van der Waals surface area contributed by atoms with Gasteiger partial charge in [-0.2, -0.15) is 0 Å². The fourth-order valence-electron chi connectivity index (χ4n) is 3.64. The molecule has 0 aliphatic carbocycles. The van der Waals surface area contributed by atoms with Gasteiger partial charge in [-0.05, 0) is 58.2 Å². The van der Waals surface area contributed by atoms with E-state index in [-0.39, 0.29) is 24.0 Å². The van der Waals surface area contributed by atoms with Gasteiger partial charge in [0.1, 0.15) is 5.82 Å². The zero-order chi connectivity index (χ0) is 19.5. The Labute approximate surface area is 188 Å². The lowest BCUT2D eigenvalue weighted by Crippen LogP contribution is -2.41. The number of anilines is 1. The minimum atomic E-state index is 0. The molecule has 0 bridgehead atoms. The second-order valence-corrected chi connectivity index (χ2v) is 7.28. The first kappa shape index (κ1) is 24.9. The maximum atomic E-state index is 4.58. The van der Waals surface area contributed by atoms with E-state index in [9.17, 15) is 0 Å². The molecule has 6 nitrogen and oxygen atoms in total. The Kier molecular flexibility index (Phi) is 12.5. The molecule has 0 aromatic carbocycles. The number of piperidine rings is 1. The molecule has 7 heteroatoms. The third-order valence-electron chi connectivity index (χ3n) is 5.44. The van der Waals surface area contributed by atoms with Crippen LogP contribution in [0.4, 0.5) is 5.82 Å². The number of guanidine groups is 1. The van der Waals surface area contributed by atoms with Gasteiger partial charge >= 0.3 is 0 Å². The summed E-state index contributed by atoms with van der Waals surface area (Å²) in [7, 11) is 1.82. The van der Waals surface area contributed by atoms with E-state index in [0.717, 1.165) is 56.0 Å². The quantitative estimate of drug-likeness (QED) is 0.235. The van der Waals surface area contributed by atoms with Crippen molar-refractivity contribution >= 4 is 35.8 Å². The monoisotopic (exact) mass is 502 g/mol. The third-order valence-corrected chi connectivity index (χ3v) is 5.44. The van der Waals surface area contributed by atoms with E-state index in [0.29, 0.717) is 0 Å². The Morgan fingerprint density at radius 1 is 1.25 bits per heavy atom. The summed E-state index contributed by atoms with van der Waals surface area (Å²) in [4.78, 5) is 13.8. The van der Waals surface area contributed by atoms with E-state index in [1.54, 1.807) is 0 Å². The normalized spacial score (nSPS) is 17.7. The number of nitrogens with zero attached hydrogens (tertiary/aromatic N) is 4. The molecular weight excluding hydrogens is 463 g/mol. The number of rotatable bonds is 9. The van der Waals surface area contributed by atoms with Crippen LogP contribution in [0.1, 0.15) is 52.0 Å². The largest absolute Gasteiger partial charge is 0.357 e. The van der Waals surface area contributed by atoms with Crippen molar-refractivity contribution in [1.29, 1.82) is 0 Å². The molecule has 1 aliphatic rings. The van der Waals surface area contributed by atoms with E-state index in [1.165, 1.54) is 32.4 Å². The smallest absolute Gasteiger partial charge is 0.191 e. The van der Waals surface area contributed by atoms with Gasteiger partial charge < -0.3 is 20.4 Å². The second-order valence-electron chi connectivity index (χ2n) is 7.28. The molecule has 0 saturated carbocycles. The first-order chi connectivity index (χ1) is 13.2. The SMILES string of the molecule is CCN(CC)c1ccc(CNC(=NC)NCCCN2CCCCC2C)cn1.I. The topological polar surface area (TPSA) is 55.8 Å². The standard InChI is InChI=1S/C21H38N6.HI/c1-5-26(6-2)20-12-11-19(16-24-20)17-25-21(22-4)23-13-9-15-27-14-8-7-10-18(27)3;/h11-12,16,18H,5-10,13-15,17H2,1-4H3,(H2,22,23,25);1H. The molecule has 0 spiro atoms. The Morgan fingerprint density at radius 3 is 2.64 bits per heavy atom. The molecule has 0 radical (unpaired) electrons. The number of hydrogen-bond acceptors (Lipinski definition) is 4. The molecule has 1 aromatic heterocycles. The number of nitrogens with one attached hydrogen (secondary N) is 2. The van der Waals surface area contributed by atoms with Crippen molar-refractivity contribution in [2.24, 2.45) is 4.99 Å². The van der Waals surface area contributed by atoms with E-state index in [1.807, 2.05) is 13.2 Å². The van der Waals surface area contributed by atoms with Crippen LogP contribution >= 0.6 is 24.0 Å². The highest BCUT2D eigenvalue weighted by Gasteiger charge is 2.17. The Balaban J connectivity index is 0.00000392. The molecule has 160 valence electrons. The fraction of sp³-hybridized carbons (Fsp3) is 0.714. The van der Waals surface area contributed by atoms with Crippen molar-refractivity contribution in [3.8, 4) is 0 Å². The Morgan fingerprint density at radius 2 is 2.04 bits per heavy atom. The summed E-state index contributed by atoms with van der Waals surface area (Å²) in [5.74, 6) is 1.90. The van der Waals surface area contributed by atoms with Crippen LogP contribution in [0, 0.1) is 0 Å². The van der Waals surface area contributed by atoms with Gasteiger partial charge in [0.2, 0.25) is 0 Å². The molecule has 1 fully saturated rings. The van der Waals surface area contributed by atoms with Gasteiger partial charge in [-0.15, -0.1) is 24.0 Å². The lowest BCUT2D eigenvalue weighted by molar-refractivity contribution is 0.159. The molecule has 0 amide bonds. The number of likely N-dealkylation sites (tertiary alicyclic amines) is 1. The molecule has 1 saturated heterocycles. The number of hydrogen-bond donors (Lipinski definition) is 2. The molecule has 1 atom stereocenters. The van der Waals surface area contributed by atoms with Crippen molar-refractivity contribution in [3.05, 3.63) is 23.9 Å². The van der Waals surface area contributed by atoms with Crippen LogP contribution in [0.5, 0.6) is 0 Å². The summed E-state index contributed by atoms with van der Waals surface area (Å²) in [5.41, 5.74) is 1.16. The van der Waals surface area contributed by atoms with Crippen molar-refractivity contribution in [2.75, 3.05) is 44.7 Å². The van der Waals surface area contributed by atoms with Gasteiger partial charge in [-0.1, -0.05) is 12.5 Å². The predicted molar refractivity (Wildman–Crippen MR) is 131 cm³/mol. The van der Waals surface area contributed by atoms with Crippen LogP contribution in [-0.4, -0.2) is 61.7 Å². The summed E-state index contributed by atoms with van der Waals surface area (Å²) in [6.07, 6.45) is 7.17. The highest BCUT2D eigenvalue weighted by molar-refractivity contribution is 14.0. The minimum Gasteiger partial charge on any atom is -0.357 e. The fourth-order valence-corrected chi connectivity index (χ4v) is 3.64. The maximum absolute atomic E-state index is 4.58. The number of aliphatic imine (C=N–C) groups is 1. The average Bonchev–Trinajstić information content (AvgIpc) is 2.70. The van der Waals surface area contributed by atoms with Crippen LogP contribution in [0.2, 0.25) is 0 Å². The van der Waals surface area contributed by atoms with Crippen molar-refractivity contribution < 1.29 is 0 Å². The lowest BCUT2D eigenvalue weighted by Gasteiger charge is -2.33. The zero-order valence-electron chi connectivity index (χ0n) is 18.1. The molecule has 2 N–H and O–H groups in total. The molecule has 28 heavy (non-hydrogen) atoms. The van der Waals surface area contributed by atoms with Crippen LogP contribution < -0.4 is 15.5 Å². The Hall–Kier alpha value is -1.09. The van der Waals surface area contributed by atoms with Crippen molar-refractivity contribution in [2.45, 2.75) is 59.0 Å². The van der Waals surface area contributed by atoms with Gasteiger partial charge in [0.15, 0.2) is 5.96 Å². The molecule has 1 aromatic rings. The van der Waals surface area contributed by atoms with E-state index in [4.69, 9.17) is 0 Å². The van der Waals surface area contributed by atoms with E-state index < -0.39 is 0 Å². The number of halogens is 1. The van der Waals surface area contributed by atoms with Gasteiger partial charge in [0.25, 0.3) is 0 Å². The maximum Gasteiger partial charge on any atom is 0.191 e. The van der Waals surface area contributed by atoms with E-state index in [2.05, 4.69) is 63.3 Å². The third kappa shape index (κ3) is 8.11. The van der Waals surface area contributed by atoms with Crippen LogP contribution in [0.25, 0.3) is 0 Å². The highest BCUT2D eigenvalue weighted by atomic mass is 127. The van der Waals surface area contributed by atoms with Gasteiger partial charge in [0, 0.05) is 52.0 Å². The van der Waals surface area contributed by atoms with Gasteiger partial charge in [0.05, 0.1) is 0 Å². The minimum absolute atomic E-state index is 0. The highest BCUT2D eigenvalue weighted by Crippen LogP contribution is 2.16. The van der Waals surface area contributed by atoms with Gasteiger partial charge in [-0.3, -0.25) is 4.99 Å². The molecule has 2 heterocycles. The predicted octanol–water partition coefficient (Wildman–Crippen LogP) is 3.48. The average molecular weight is 502 g/mol. The molecular formula is C21H39IN6. The summed E-state index contributed by atoms with van der Waals surface area (Å²) in [6, 6.07) is 4.97. The molecule has 2 rings (SSSR count). The summed E-state index contributed by atoms with van der Waals surface area (Å²) in [6.45, 7) is 12.7. The molecule has 1 aliphatic heterocycles. The van der Waals surface area contributed by atoms with Crippen LogP contribution in [-0.2, 0) is 6.54 Å². The number of pyridine rings is 1. The zero-order valence-corrected chi connectivity index (χ0v) is 20.4. The summed E-state index contributed by atoms with van der Waals surface area (Å²) >= 11 is 0. The lowest BCUT2D eigenvalue weighted by atomic mass is 10.0.